The number of aromatic nitrogens is 5. The van der Waals surface area contributed by atoms with Crippen LogP contribution in [0, 0.1) is 0 Å². The number of nitrogens with one attached hydrogen (secondary N) is 1. The highest BCUT2D eigenvalue weighted by Gasteiger charge is 2.38. The van der Waals surface area contributed by atoms with Crippen LogP contribution in [0.1, 0.15) is 28.8 Å². The Labute approximate surface area is 169 Å². The second kappa shape index (κ2) is 7.17. The number of ether oxygens (including phenoxy) is 1. The van der Waals surface area contributed by atoms with Gasteiger partial charge in [0.1, 0.15) is 17.1 Å². The smallest absolute Gasteiger partial charge is 0.379 e. The summed E-state index contributed by atoms with van der Waals surface area (Å²) >= 11 is 0. The molecule has 11 heteroatoms. The van der Waals surface area contributed by atoms with Crippen LogP contribution in [0.4, 0.5) is 18.9 Å². The van der Waals surface area contributed by atoms with Gasteiger partial charge >= 0.3 is 6.18 Å². The average molecular weight is 418 g/mol. The average Bonchev–Trinajstić information content (AvgIpc) is 3.11. The molecule has 0 bridgehead atoms. The van der Waals surface area contributed by atoms with Crippen molar-refractivity contribution in [1.82, 2.24) is 24.5 Å². The summed E-state index contributed by atoms with van der Waals surface area (Å²) in [5.74, 6) is -0.274. The van der Waals surface area contributed by atoms with Crippen LogP contribution in [0.3, 0.4) is 0 Å². The van der Waals surface area contributed by atoms with Gasteiger partial charge in [-0.1, -0.05) is 0 Å². The first-order valence-corrected chi connectivity index (χ1v) is 8.94. The Morgan fingerprint density at radius 2 is 2.00 bits per heavy atom. The summed E-state index contributed by atoms with van der Waals surface area (Å²) in [6.45, 7) is 2.88. The maximum absolute atomic E-state index is 12.8. The molecule has 3 aromatic heterocycles. The van der Waals surface area contributed by atoms with Gasteiger partial charge in [0.15, 0.2) is 5.82 Å². The van der Waals surface area contributed by atoms with Gasteiger partial charge in [-0.15, -0.1) is 0 Å². The zero-order valence-electron chi connectivity index (χ0n) is 16.1. The monoisotopic (exact) mass is 418 g/mol. The van der Waals surface area contributed by atoms with Crippen molar-refractivity contribution in [3.63, 3.8) is 0 Å². The van der Waals surface area contributed by atoms with Crippen LogP contribution in [0.25, 0.3) is 11.5 Å². The molecule has 0 atom stereocenters. The highest BCUT2D eigenvalue weighted by molar-refractivity contribution is 6.03. The molecule has 156 valence electrons. The molecule has 4 rings (SSSR count). The summed E-state index contributed by atoms with van der Waals surface area (Å²) in [5, 5.41) is 2.53. The van der Waals surface area contributed by atoms with E-state index in [4.69, 9.17) is 4.74 Å². The van der Waals surface area contributed by atoms with Gasteiger partial charge in [0, 0.05) is 7.05 Å². The summed E-state index contributed by atoms with van der Waals surface area (Å²) in [5.41, 5.74) is 0.0433. The van der Waals surface area contributed by atoms with Crippen molar-refractivity contribution < 1.29 is 22.7 Å². The minimum Gasteiger partial charge on any atom is -0.379 e. The lowest BCUT2D eigenvalue weighted by Gasteiger charge is -2.37. The zero-order valence-corrected chi connectivity index (χ0v) is 16.1. The minimum absolute atomic E-state index is 0.0734. The molecule has 1 aliphatic rings. The standard InChI is InChI=1S/C19H17F3N6O2/c1-18(8-30-9-18)15-5-12(26-16(27-15)13-7-23-10-28(13)2)17(29)25-11-3-4-14(24-6-11)19(20,21)22/h3-7,10H,8-9H2,1-2H3,(H,25,29). The lowest BCUT2D eigenvalue weighted by molar-refractivity contribution is -0.141. The fourth-order valence-electron chi connectivity index (χ4n) is 2.95. The SMILES string of the molecule is Cn1cncc1-c1nc(C(=O)Nc2ccc(C(F)(F)F)nc2)cc(C2(C)COC2)n1. The first-order valence-electron chi connectivity index (χ1n) is 8.94. The Balaban J connectivity index is 1.66. The number of halogens is 3. The van der Waals surface area contributed by atoms with E-state index < -0.39 is 17.8 Å². The molecule has 1 aliphatic heterocycles. The first-order chi connectivity index (χ1) is 14.2. The van der Waals surface area contributed by atoms with Gasteiger partial charge in [-0.25, -0.2) is 19.9 Å². The van der Waals surface area contributed by atoms with Gasteiger partial charge in [-0.3, -0.25) is 4.79 Å². The topological polar surface area (TPSA) is 94.8 Å². The molecule has 8 nitrogen and oxygen atoms in total. The Morgan fingerprint density at radius 1 is 1.23 bits per heavy atom. The van der Waals surface area contributed by atoms with Gasteiger partial charge in [0.25, 0.3) is 5.91 Å². The van der Waals surface area contributed by atoms with E-state index in [1.165, 1.54) is 0 Å². The Bertz CT molecular complexity index is 1090. The van der Waals surface area contributed by atoms with Crippen LogP contribution in [-0.4, -0.2) is 43.6 Å². The van der Waals surface area contributed by atoms with Crippen LogP contribution < -0.4 is 5.32 Å². The van der Waals surface area contributed by atoms with Crippen molar-refractivity contribution >= 4 is 11.6 Å². The van der Waals surface area contributed by atoms with Gasteiger partial charge in [-0.05, 0) is 25.1 Å². The van der Waals surface area contributed by atoms with Crippen molar-refractivity contribution in [3.8, 4) is 11.5 Å². The van der Waals surface area contributed by atoms with Crippen molar-refractivity contribution in [1.29, 1.82) is 0 Å². The van der Waals surface area contributed by atoms with Crippen LogP contribution in [-0.2, 0) is 23.4 Å². The molecule has 0 unspecified atom stereocenters. The van der Waals surface area contributed by atoms with Crippen molar-refractivity contribution in [2.45, 2.75) is 18.5 Å². The molecule has 0 saturated carbocycles. The van der Waals surface area contributed by atoms with Gasteiger partial charge < -0.3 is 14.6 Å². The molecule has 0 spiro atoms. The number of imidazole rings is 1. The van der Waals surface area contributed by atoms with E-state index in [1.54, 1.807) is 30.2 Å². The van der Waals surface area contributed by atoms with Gasteiger partial charge in [0.05, 0.1) is 48.7 Å². The lowest BCUT2D eigenvalue weighted by Crippen LogP contribution is -2.44. The molecular formula is C19H17F3N6O2. The number of hydrogen-bond donors (Lipinski definition) is 1. The molecule has 0 radical (unpaired) electrons. The summed E-state index contributed by atoms with van der Waals surface area (Å²) in [7, 11) is 1.78. The highest BCUT2D eigenvalue weighted by Crippen LogP contribution is 2.32. The number of alkyl halides is 3. The molecule has 3 aromatic rings. The molecule has 30 heavy (non-hydrogen) atoms. The maximum atomic E-state index is 12.8. The molecule has 4 heterocycles. The number of pyridine rings is 1. The number of amides is 1. The quantitative estimate of drug-likeness (QED) is 0.700. The predicted octanol–water partition coefficient (Wildman–Crippen LogP) is 2.83. The minimum atomic E-state index is -4.55. The summed E-state index contributed by atoms with van der Waals surface area (Å²) < 4.78 is 45.0. The number of anilines is 1. The molecule has 1 N–H and O–H groups in total. The number of rotatable bonds is 4. The van der Waals surface area contributed by atoms with E-state index in [-0.39, 0.29) is 16.8 Å². The van der Waals surface area contributed by atoms with E-state index in [1.807, 2.05) is 6.92 Å². The van der Waals surface area contributed by atoms with Crippen LogP contribution >= 0.6 is 0 Å². The Kier molecular flexibility index (Phi) is 4.77. The largest absolute Gasteiger partial charge is 0.433 e. The number of aryl methyl sites for hydroxylation is 1. The molecule has 1 amide bonds. The van der Waals surface area contributed by atoms with Gasteiger partial charge in [0.2, 0.25) is 0 Å². The molecular weight excluding hydrogens is 401 g/mol. The molecule has 1 fully saturated rings. The third-order valence-electron chi connectivity index (χ3n) is 4.78. The second-order valence-corrected chi connectivity index (χ2v) is 7.29. The summed E-state index contributed by atoms with van der Waals surface area (Å²) in [6.07, 6.45) is -0.429. The highest BCUT2D eigenvalue weighted by atomic mass is 19.4. The fourth-order valence-corrected chi connectivity index (χ4v) is 2.95. The van der Waals surface area contributed by atoms with E-state index >= 15 is 0 Å². The summed E-state index contributed by atoms with van der Waals surface area (Å²) in [6, 6.07) is 3.50. The Morgan fingerprint density at radius 3 is 2.53 bits per heavy atom. The Hall–Kier alpha value is -3.34. The van der Waals surface area contributed by atoms with E-state index in [0.29, 0.717) is 30.4 Å². The third-order valence-corrected chi connectivity index (χ3v) is 4.78. The zero-order chi connectivity index (χ0) is 21.5. The number of carbonyl (C=O) groups excluding carboxylic acids is 1. The molecule has 0 aliphatic carbocycles. The second-order valence-electron chi connectivity index (χ2n) is 7.29. The number of carbonyl (C=O) groups is 1. The normalized spacial score (nSPS) is 15.5. The van der Waals surface area contributed by atoms with Crippen molar-refractivity contribution in [3.05, 3.63) is 54.0 Å². The lowest BCUT2D eigenvalue weighted by atomic mass is 9.84. The number of hydrogen-bond acceptors (Lipinski definition) is 6. The fraction of sp³-hybridized carbons (Fsp3) is 0.316. The van der Waals surface area contributed by atoms with Gasteiger partial charge in [-0.2, -0.15) is 13.2 Å². The van der Waals surface area contributed by atoms with Crippen molar-refractivity contribution in [2.75, 3.05) is 18.5 Å². The summed E-state index contributed by atoms with van der Waals surface area (Å²) in [4.78, 5) is 29.1. The number of nitrogens with zero attached hydrogens (tertiary/aromatic N) is 5. The van der Waals surface area contributed by atoms with E-state index in [9.17, 15) is 18.0 Å². The van der Waals surface area contributed by atoms with Crippen LogP contribution in [0.5, 0.6) is 0 Å². The van der Waals surface area contributed by atoms with Crippen molar-refractivity contribution in [2.24, 2.45) is 7.05 Å². The molecule has 1 saturated heterocycles. The molecule has 0 aromatic carbocycles. The predicted molar refractivity (Wildman–Crippen MR) is 99.6 cm³/mol. The van der Waals surface area contributed by atoms with Crippen LogP contribution in [0.15, 0.2) is 36.9 Å². The maximum Gasteiger partial charge on any atom is 0.433 e. The first kappa shape index (κ1) is 20.0. The van der Waals surface area contributed by atoms with E-state index in [2.05, 4.69) is 25.3 Å². The third kappa shape index (κ3) is 3.75. The van der Waals surface area contributed by atoms with Crippen LogP contribution in [0.2, 0.25) is 0 Å². The van der Waals surface area contributed by atoms with E-state index in [0.717, 1.165) is 18.3 Å².